The van der Waals surface area contributed by atoms with E-state index in [0.717, 1.165) is 0 Å². The minimum Gasteiger partial charge on any atom is -0.384 e. The first-order chi connectivity index (χ1) is 23.7. The standard InChI is InChI=1S/C29H30F7N9O5/c1-48-7-4-18-40-20(49-42-18)11-27(10-17(29(34,35)36)39-26(27)47)9-14-8-19-38-16(13-45(19)37-12-14)21(15-2-5-28(32,33)6-3-15)41-25(46)23-22(24(30)31)43-50-44-23/h8,12-13,15,17,21,24H,2-7,9-11H2,1H3,(H,39,47)(H,41,46)/t17-,21-,27-/m0/s1. The Morgan fingerprint density at radius 2 is 1.92 bits per heavy atom. The van der Waals surface area contributed by atoms with Gasteiger partial charge in [-0.2, -0.15) is 23.3 Å². The number of hydrogen-bond acceptors (Lipinski definition) is 11. The number of imidazole rings is 1. The van der Waals surface area contributed by atoms with E-state index >= 15 is 0 Å². The molecule has 1 saturated heterocycles. The van der Waals surface area contributed by atoms with Gasteiger partial charge in [0.15, 0.2) is 17.2 Å². The average molecular weight is 718 g/mol. The van der Waals surface area contributed by atoms with Gasteiger partial charge in [-0.15, -0.1) is 0 Å². The van der Waals surface area contributed by atoms with Gasteiger partial charge in [0.25, 0.3) is 12.3 Å². The quantitative estimate of drug-likeness (QED) is 0.202. The summed E-state index contributed by atoms with van der Waals surface area (Å²) < 4.78 is 112. The molecule has 0 unspecified atom stereocenters. The largest absolute Gasteiger partial charge is 0.408 e. The van der Waals surface area contributed by atoms with Gasteiger partial charge in [0.1, 0.15) is 6.04 Å². The third-order valence-corrected chi connectivity index (χ3v) is 9.02. The number of aromatic nitrogens is 7. The van der Waals surface area contributed by atoms with Gasteiger partial charge in [0, 0.05) is 32.8 Å². The smallest absolute Gasteiger partial charge is 0.384 e. The second kappa shape index (κ2) is 13.6. The zero-order valence-electron chi connectivity index (χ0n) is 26.2. The summed E-state index contributed by atoms with van der Waals surface area (Å²) in [5.74, 6) is -5.26. The number of rotatable bonds is 12. The monoisotopic (exact) mass is 717 g/mol. The molecule has 21 heteroatoms. The average Bonchev–Trinajstić information content (AvgIpc) is 3.85. The summed E-state index contributed by atoms with van der Waals surface area (Å²) in [6.07, 6.45) is -7.11. The summed E-state index contributed by atoms with van der Waals surface area (Å²) in [5, 5.41) is 19.0. The van der Waals surface area contributed by atoms with E-state index in [1.54, 1.807) is 0 Å². The van der Waals surface area contributed by atoms with E-state index in [9.17, 15) is 40.3 Å². The van der Waals surface area contributed by atoms with E-state index in [4.69, 9.17) is 9.26 Å². The van der Waals surface area contributed by atoms with Crippen LogP contribution in [0.25, 0.3) is 5.65 Å². The van der Waals surface area contributed by atoms with Crippen LogP contribution < -0.4 is 10.6 Å². The van der Waals surface area contributed by atoms with E-state index in [-0.39, 0.29) is 61.8 Å². The molecule has 4 aromatic heterocycles. The topological polar surface area (TPSA) is 175 Å². The molecule has 0 spiro atoms. The molecule has 50 heavy (non-hydrogen) atoms. The second-order valence-corrected chi connectivity index (χ2v) is 12.5. The van der Waals surface area contributed by atoms with Gasteiger partial charge in [0.05, 0.1) is 36.2 Å². The van der Waals surface area contributed by atoms with E-state index in [2.05, 4.69) is 40.5 Å². The molecule has 3 atom stereocenters. The number of halogens is 7. The Balaban J connectivity index is 1.30. The Hall–Kier alpha value is -4.69. The van der Waals surface area contributed by atoms with Gasteiger partial charge in [0.2, 0.25) is 23.4 Å². The molecule has 2 aliphatic rings. The van der Waals surface area contributed by atoms with Crippen LogP contribution in [0.15, 0.2) is 27.6 Å². The van der Waals surface area contributed by atoms with Crippen molar-refractivity contribution < 1.29 is 54.2 Å². The fourth-order valence-electron chi connectivity index (χ4n) is 6.46. The summed E-state index contributed by atoms with van der Waals surface area (Å²) in [6, 6.07) is -1.71. The van der Waals surface area contributed by atoms with Gasteiger partial charge in [-0.1, -0.05) is 5.16 Å². The molecular weight excluding hydrogens is 687 g/mol. The van der Waals surface area contributed by atoms with Crippen LogP contribution in [0.4, 0.5) is 30.7 Å². The summed E-state index contributed by atoms with van der Waals surface area (Å²) in [7, 11) is 1.47. The molecule has 6 rings (SSSR count). The third kappa shape index (κ3) is 7.41. The molecule has 1 aliphatic heterocycles. The molecule has 2 amide bonds. The lowest BCUT2D eigenvalue weighted by molar-refractivity contribution is -0.155. The zero-order chi connectivity index (χ0) is 35.8. The van der Waals surface area contributed by atoms with Gasteiger partial charge in [-0.05, 0) is 53.5 Å². The van der Waals surface area contributed by atoms with Gasteiger partial charge < -0.3 is 19.9 Å². The highest BCUT2D eigenvalue weighted by Crippen LogP contribution is 2.43. The Morgan fingerprint density at radius 3 is 2.60 bits per heavy atom. The van der Waals surface area contributed by atoms with Crippen LogP contribution in [0, 0.1) is 11.3 Å². The molecule has 0 bridgehead atoms. The van der Waals surface area contributed by atoms with Crippen LogP contribution in [-0.2, 0) is 28.8 Å². The number of alkyl halides is 7. The molecule has 14 nitrogen and oxygen atoms in total. The van der Waals surface area contributed by atoms with E-state index in [1.807, 2.05) is 5.32 Å². The number of carbonyl (C=O) groups excluding carboxylic acids is 2. The van der Waals surface area contributed by atoms with Crippen molar-refractivity contribution >= 4 is 17.5 Å². The molecule has 5 heterocycles. The molecule has 270 valence electrons. The van der Waals surface area contributed by atoms with Crippen LogP contribution in [0.5, 0.6) is 0 Å². The molecule has 1 saturated carbocycles. The van der Waals surface area contributed by atoms with Crippen molar-refractivity contribution in [2.45, 2.75) is 82.0 Å². The first-order valence-corrected chi connectivity index (χ1v) is 15.5. The SMILES string of the molecule is COCCc1noc(C[C@]2(Cc3cnn4cc([C@@H](NC(=O)c5nonc5C(F)F)C5CCC(F)(F)CC5)nc4c3)C[C@@H](C(F)(F)F)NC2=O)n1. The second-order valence-electron chi connectivity index (χ2n) is 12.5. The minimum atomic E-state index is -4.73. The number of fused-ring (bicyclic) bond motifs is 1. The number of methoxy groups -OCH3 is 1. The van der Waals surface area contributed by atoms with Crippen molar-refractivity contribution in [3.8, 4) is 0 Å². The molecule has 1 aliphatic carbocycles. The Labute approximate surface area is 277 Å². The fourth-order valence-corrected chi connectivity index (χ4v) is 6.46. The lowest BCUT2D eigenvalue weighted by atomic mass is 9.76. The van der Waals surface area contributed by atoms with Crippen LogP contribution >= 0.6 is 0 Å². The Morgan fingerprint density at radius 1 is 1.16 bits per heavy atom. The fraction of sp³-hybridized carbons (Fsp3) is 0.586. The number of ether oxygens (including phenoxy) is 1. The van der Waals surface area contributed by atoms with E-state index in [1.165, 1.54) is 30.1 Å². The minimum absolute atomic E-state index is 0.0376. The third-order valence-electron chi connectivity index (χ3n) is 9.02. The van der Waals surface area contributed by atoms with Crippen LogP contribution in [0.3, 0.4) is 0 Å². The predicted molar refractivity (Wildman–Crippen MR) is 152 cm³/mol. The predicted octanol–water partition coefficient (Wildman–Crippen LogP) is 4.14. The number of carbonyl (C=O) groups is 2. The number of nitrogens with zero attached hydrogens (tertiary/aromatic N) is 7. The molecule has 0 radical (unpaired) electrons. The van der Waals surface area contributed by atoms with E-state index in [0.29, 0.717) is 5.56 Å². The lowest BCUT2D eigenvalue weighted by Gasteiger charge is -2.33. The van der Waals surface area contributed by atoms with Crippen molar-refractivity contribution in [3.05, 3.63) is 52.8 Å². The van der Waals surface area contributed by atoms with Crippen molar-refractivity contribution in [3.63, 3.8) is 0 Å². The highest BCUT2D eigenvalue weighted by atomic mass is 19.4. The van der Waals surface area contributed by atoms with Gasteiger partial charge in [-0.25, -0.2) is 31.7 Å². The maximum atomic E-state index is 14.0. The van der Waals surface area contributed by atoms with Crippen molar-refractivity contribution in [2.75, 3.05) is 13.7 Å². The number of amides is 2. The molecule has 2 N–H and O–H groups in total. The molecule has 0 aromatic carbocycles. The summed E-state index contributed by atoms with van der Waals surface area (Å²) in [4.78, 5) is 35.1. The number of nitrogens with one attached hydrogen (secondary N) is 2. The first kappa shape index (κ1) is 35.1. The summed E-state index contributed by atoms with van der Waals surface area (Å²) in [5.41, 5.74) is -2.83. The Bertz CT molecular complexity index is 1830. The maximum Gasteiger partial charge on any atom is 0.408 e. The van der Waals surface area contributed by atoms with Crippen LogP contribution in [0.1, 0.15) is 83.7 Å². The van der Waals surface area contributed by atoms with Gasteiger partial charge in [-0.3, -0.25) is 9.59 Å². The van der Waals surface area contributed by atoms with Crippen molar-refractivity contribution in [1.82, 2.24) is 45.7 Å². The van der Waals surface area contributed by atoms with Crippen LogP contribution in [0.2, 0.25) is 0 Å². The Kier molecular flexibility index (Phi) is 9.53. The van der Waals surface area contributed by atoms with Crippen molar-refractivity contribution in [1.29, 1.82) is 0 Å². The molecule has 2 fully saturated rings. The number of hydrogen-bond donors (Lipinski definition) is 2. The maximum absolute atomic E-state index is 14.0. The molecule has 4 aromatic rings. The highest BCUT2D eigenvalue weighted by molar-refractivity contribution is 5.93. The van der Waals surface area contributed by atoms with E-state index < -0.39 is 84.4 Å². The summed E-state index contributed by atoms with van der Waals surface area (Å²) in [6.45, 7) is 0.269. The van der Waals surface area contributed by atoms with Crippen molar-refractivity contribution in [2.24, 2.45) is 11.3 Å². The zero-order valence-corrected chi connectivity index (χ0v) is 26.2. The molecular formula is C29H30F7N9O5. The van der Waals surface area contributed by atoms with Gasteiger partial charge >= 0.3 is 6.18 Å². The highest BCUT2D eigenvalue weighted by Gasteiger charge is 2.56. The first-order valence-electron chi connectivity index (χ1n) is 15.5. The van der Waals surface area contributed by atoms with Crippen LogP contribution in [-0.4, -0.2) is 78.7 Å². The summed E-state index contributed by atoms with van der Waals surface area (Å²) >= 11 is 0. The lowest BCUT2D eigenvalue weighted by Crippen LogP contribution is -2.39. The normalized spacial score (nSPS) is 21.9.